The van der Waals surface area contributed by atoms with Gasteiger partial charge in [-0.25, -0.2) is 19.7 Å². The molecule has 40 heavy (non-hydrogen) atoms. The number of carbonyl (C=O) groups is 4. The maximum atomic E-state index is 13.2. The fourth-order valence-corrected chi connectivity index (χ4v) is 5.46. The zero-order valence-corrected chi connectivity index (χ0v) is 23.2. The fraction of sp³-hybridized carbons (Fsp3) is 0.333. The van der Waals surface area contributed by atoms with E-state index in [0.717, 1.165) is 11.3 Å². The third kappa shape index (κ3) is 6.12. The molecule has 4 N–H and O–H groups in total. The van der Waals surface area contributed by atoms with Crippen molar-refractivity contribution in [2.24, 2.45) is 10.6 Å². The number of esters is 2. The Balaban J connectivity index is 1.54. The quantitative estimate of drug-likeness (QED) is 0.0995. The minimum Gasteiger partial charge on any atom is -0.427 e. The summed E-state index contributed by atoms with van der Waals surface area (Å²) in [5, 5.41) is 15.9. The van der Waals surface area contributed by atoms with Crippen LogP contribution < -0.4 is 11.1 Å². The molecule has 210 valence electrons. The molecule has 1 saturated heterocycles. The van der Waals surface area contributed by atoms with Crippen molar-refractivity contribution in [3.63, 3.8) is 0 Å². The number of allylic oxidation sites excluding steroid dienone is 1. The minimum atomic E-state index is -1.03. The van der Waals surface area contributed by atoms with E-state index >= 15 is 0 Å². The summed E-state index contributed by atoms with van der Waals surface area (Å²) in [5.74, 6) is -2.61. The van der Waals surface area contributed by atoms with E-state index in [9.17, 15) is 24.4 Å². The molecule has 0 aliphatic carbocycles. The molecule has 1 fully saturated rings. The molecule has 2 aromatic rings. The largest absolute Gasteiger partial charge is 0.427 e. The van der Waals surface area contributed by atoms with E-state index in [-0.39, 0.29) is 22.3 Å². The number of thioether (sulfide) groups is 1. The average Bonchev–Trinajstić information content (AvgIpc) is 3.35. The number of ether oxygens (including phenoxy) is 2. The number of thiazole rings is 1. The highest BCUT2D eigenvalue weighted by molar-refractivity contribution is 8.00. The number of aromatic nitrogens is 3. The summed E-state index contributed by atoms with van der Waals surface area (Å²) >= 11 is 2.35. The first-order valence-electron chi connectivity index (χ1n) is 11.7. The second-order valence-electron chi connectivity index (χ2n) is 9.49. The Kier molecular flexibility index (Phi) is 8.49. The molecule has 16 heteroatoms. The molecule has 0 bridgehead atoms. The third-order valence-electron chi connectivity index (χ3n) is 5.61. The number of nitrogen functional groups attached to an aromatic ring is 1. The van der Waals surface area contributed by atoms with Crippen LogP contribution in [0.1, 0.15) is 32.0 Å². The lowest BCUT2D eigenvalue weighted by molar-refractivity contribution is -0.173. The first kappa shape index (κ1) is 28.7. The van der Waals surface area contributed by atoms with Gasteiger partial charge in [-0.15, -0.1) is 23.1 Å². The van der Waals surface area contributed by atoms with E-state index in [1.54, 1.807) is 45.3 Å². The molecule has 0 saturated carbocycles. The molecule has 0 spiro atoms. The second-order valence-corrected chi connectivity index (χ2v) is 11.5. The molecule has 0 unspecified atom stereocenters. The van der Waals surface area contributed by atoms with Gasteiger partial charge in [0.25, 0.3) is 11.8 Å². The van der Waals surface area contributed by atoms with Crippen LogP contribution in [-0.4, -0.2) is 78.5 Å². The summed E-state index contributed by atoms with van der Waals surface area (Å²) in [6.07, 6.45) is 7.84. The van der Waals surface area contributed by atoms with E-state index in [1.807, 2.05) is 0 Å². The first-order chi connectivity index (χ1) is 19.0. The van der Waals surface area contributed by atoms with Crippen molar-refractivity contribution in [3.05, 3.63) is 52.7 Å². The van der Waals surface area contributed by atoms with Crippen LogP contribution in [0.5, 0.6) is 0 Å². The van der Waals surface area contributed by atoms with Crippen LogP contribution in [0, 0.1) is 5.41 Å². The molecule has 4 rings (SSSR count). The van der Waals surface area contributed by atoms with Gasteiger partial charge in [-0.1, -0.05) is 17.3 Å². The van der Waals surface area contributed by atoms with Gasteiger partial charge in [0.2, 0.25) is 6.79 Å². The first-order valence-corrected chi connectivity index (χ1v) is 13.6. The summed E-state index contributed by atoms with van der Waals surface area (Å²) in [6.45, 7) is 4.32. The van der Waals surface area contributed by atoms with Gasteiger partial charge in [-0.05, 0) is 26.3 Å². The fourth-order valence-electron chi connectivity index (χ4n) is 3.59. The summed E-state index contributed by atoms with van der Waals surface area (Å²) in [5.41, 5.74) is 5.50. The van der Waals surface area contributed by atoms with Crippen molar-refractivity contribution in [3.8, 4) is 0 Å². The number of hydrogen-bond donors (Lipinski definition) is 3. The van der Waals surface area contributed by atoms with Crippen molar-refractivity contribution in [2.45, 2.75) is 32.2 Å². The van der Waals surface area contributed by atoms with Gasteiger partial charge in [0.1, 0.15) is 29.1 Å². The number of β-lactam (4-membered cyclic amide) rings is 1. The smallest absolute Gasteiger partial charge is 0.358 e. The van der Waals surface area contributed by atoms with Crippen LogP contribution in [-0.2, 0) is 28.7 Å². The Labute approximate surface area is 236 Å². The standard InChI is InChI=1S/C24H25N7O7S2/c1-24(2,3)22(35)38-11-37-21(34)17-13(5-4-12-6-26-10-27-7-12)8-39-20-16(19(33)31(17)20)29-18(32)15(30-36)14-9-40-23(25)28-14/h4-7,9-10,16,20,36H,8,11H2,1-3H3,(H2,25,28)(H,29,32)/b5-4-,30-15-/t16-,20+/m1/s1. The molecular formula is C24H25N7O7S2. The van der Waals surface area contributed by atoms with Crippen LogP contribution >= 0.6 is 23.1 Å². The topological polar surface area (TPSA) is 199 Å². The van der Waals surface area contributed by atoms with Crippen molar-refractivity contribution in [1.82, 2.24) is 25.2 Å². The number of nitrogens with one attached hydrogen (secondary N) is 1. The molecule has 2 aliphatic heterocycles. The van der Waals surface area contributed by atoms with Gasteiger partial charge >= 0.3 is 11.9 Å². The Bertz CT molecular complexity index is 1420. The number of fused-ring (bicyclic) bond motifs is 1. The summed E-state index contributed by atoms with van der Waals surface area (Å²) in [6, 6.07) is -1.03. The number of amides is 2. The van der Waals surface area contributed by atoms with Crippen LogP contribution in [0.4, 0.5) is 5.13 Å². The third-order valence-corrected chi connectivity index (χ3v) is 7.58. The highest BCUT2D eigenvalue weighted by Crippen LogP contribution is 2.41. The number of nitrogens with zero attached hydrogens (tertiary/aromatic N) is 5. The van der Waals surface area contributed by atoms with Crippen LogP contribution in [0.3, 0.4) is 0 Å². The number of anilines is 1. The van der Waals surface area contributed by atoms with Gasteiger partial charge in [0, 0.05) is 29.1 Å². The Morgan fingerprint density at radius 1 is 1.25 bits per heavy atom. The lowest BCUT2D eigenvalue weighted by atomic mass is 9.98. The normalized spacial score (nSPS) is 19.2. The summed E-state index contributed by atoms with van der Waals surface area (Å²) < 4.78 is 10.2. The minimum absolute atomic E-state index is 0.0497. The molecule has 0 radical (unpaired) electrons. The zero-order valence-electron chi connectivity index (χ0n) is 21.6. The van der Waals surface area contributed by atoms with Crippen LogP contribution in [0.25, 0.3) is 6.08 Å². The molecule has 2 aliphatic rings. The predicted molar refractivity (Wildman–Crippen MR) is 144 cm³/mol. The van der Waals surface area contributed by atoms with Gasteiger partial charge in [-0.3, -0.25) is 19.3 Å². The zero-order chi connectivity index (χ0) is 29.0. The van der Waals surface area contributed by atoms with Gasteiger partial charge < -0.3 is 25.7 Å². The average molecular weight is 588 g/mol. The molecule has 4 heterocycles. The lowest BCUT2D eigenvalue weighted by Crippen LogP contribution is -2.71. The highest BCUT2D eigenvalue weighted by Gasteiger charge is 2.54. The van der Waals surface area contributed by atoms with Crippen molar-refractivity contribution in [2.75, 3.05) is 18.3 Å². The number of rotatable bonds is 8. The number of hydrogen-bond acceptors (Lipinski definition) is 14. The van der Waals surface area contributed by atoms with E-state index in [2.05, 4.69) is 25.4 Å². The molecule has 2 aromatic heterocycles. The summed E-state index contributed by atoms with van der Waals surface area (Å²) in [7, 11) is 0. The van der Waals surface area contributed by atoms with E-state index < -0.39 is 53.1 Å². The molecule has 0 aromatic carbocycles. The Morgan fingerprint density at radius 2 is 1.98 bits per heavy atom. The van der Waals surface area contributed by atoms with E-state index in [0.29, 0.717) is 11.1 Å². The molecule has 2 amide bonds. The van der Waals surface area contributed by atoms with Gasteiger partial charge in [0.05, 0.1) is 5.41 Å². The van der Waals surface area contributed by atoms with E-state index in [4.69, 9.17) is 15.2 Å². The maximum absolute atomic E-state index is 13.2. The molecular weight excluding hydrogens is 562 g/mol. The van der Waals surface area contributed by atoms with Gasteiger partial charge in [-0.2, -0.15) is 0 Å². The SMILES string of the molecule is CC(C)(C)C(=O)OCOC(=O)C1=C(/C=C\c2cncnc2)CS[C@H]2[C@H](NC(=O)/C(=N\O)c3csc(N)n3)C(=O)N12. The monoisotopic (exact) mass is 587 g/mol. The maximum Gasteiger partial charge on any atom is 0.358 e. The van der Waals surface area contributed by atoms with Crippen molar-refractivity contribution in [1.29, 1.82) is 0 Å². The Morgan fingerprint density at radius 3 is 2.60 bits per heavy atom. The number of carbonyl (C=O) groups excluding carboxylic acids is 4. The van der Waals surface area contributed by atoms with Crippen LogP contribution in [0.2, 0.25) is 0 Å². The molecule has 2 atom stereocenters. The summed E-state index contributed by atoms with van der Waals surface area (Å²) in [4.78, 5) is 64.3. The lowest BCUT2D eigenvalue weighted by Gasteiger charge is -2.49. The van der Waals surface area contributed by atoms with Gasteiger partial charge in [0.15, 0.2) is 10.8 Å². The van der Waals surface area contributed by atoms with Crippen molar-refractivity contribution < 1.29 is 33.9 Å². The van der Waals surface area contributed by atoms with E-state index in [1.165, 1.54) is 28.4 Å². The number of oxime groups is 1. The highest BCUT2D eigenvalue weighted by atomic mass is 32.2. The van der Waals surface area contributed by atoms with Crippen LogP contribution in [0.15, 0.2) is 46.6 Å². The Hall–Kier alpha value is -4.31. The second kappa shape index (κ2) is 11.8. The number of nitrogens with two attached hydrogens (primary N) is 1. The predicted octanol–water partition coefficient (Wildman–Crippen LogP) is 1.15. The molecule has 14 nitrogen and oxygen atoms in total. The van der Waals surface area contributed by atoms with Crippen molar-refractivity contribution >= 4 is 63.8 Å².